The molecule has 0 bridgehead atoms. The van der Waals surface area contributed by atoms with Crippen molar-refractivity contribution in [3.63, 3.8) is 0 Å². The van der Waals surface area contributed by atoms with Crippen molar-refractivity contribution >= 4 is 0 Å². The minimum absolute atomic E-state index is 0.0145. The van der Waals surface area contributed by atoms with Crippen LogP contribution >= 0.6 is 0 Å². The van der Waals surface area contributed by atoms with Gasteiger partial charge >= 0.3 is 6.36 Å². The van der Waals surface area contributed by atoms with Crippen LogP contribution in [0, 0.1) is 0 Å². The molecular weight excluding hydrogens is 209 g/mol. The van der Waals surface area contributed by atoms with E-state index in [9.17, 15) is 13.2 Å². The highest BCUT2D eigenvalue weighted by Gasteiger charge is 2.30. The van der Waals surface area contributed by atoms with Crippen LogP contribution in [0.5, 0.6) is 11.5 Å². The van der Waals surface area contributed by atoms with Crippen LogP contribution in [0.1, 0.15) is 13.8 Å². The highest BCUT2D eigenvalue weighted by atomic mass is 19.4. The number of alkyl halides is 3. The first kappa shape index (κ1) is 11.7. The summed E-state index contributed by atoms with van der Waals surface area (Å²) in [5.41, 5.74) is 0. The Bertz CT molecular complexity index is 303. The van der Waals surface area contributed by atoms with Gasteiger partial charge in [-0.05, 0) is 38.1 Å². The molecule has 84 valence electrons. The van der Waals surface area contributed by atoms with Crippen LogP contribution in [0.25, 0.3) is 0 Å². The molecule has 0 saturated carbocycles. The van der Waals surface area contributed by atoms with Gasteiger partial charge in [0.2, 0.25) is 0 Å². The van der Waals surface area contributed by atoms with Gasteiger partial charge in [0.05, 0.1) is 6.10 Å². The summed E-state index contributed by atoms with van der Waals surface area (Å²) in [5.74, 6) is 0.262. The first-order valence-corrected chi connectivity index (χ1v) is 4.39. The average Bonchev–Trinajstić information content (AvgIpc) is 2.05. The smallest absolute Gasteiger partial charge is 0.491 e. The van der Waals surface area contributed by atoms with Crippen molar-refractivity contribution in [1.29, 1.82) is 0 Å². The summed E-state index contributed by atoms with van der Waals surface area (Å²) in [6, 6.07) is 5.29. The maximum atomic E-state index is 11.8. The lowest BCUT2D eigenvalue weighted by molar-refractivity contribution is -0.274. The van der Waals surface area contributed by atoms with Crippen LogP contribution in [0.15, 0.2) is 24.3 Å². The Morgan fingerprint density at radius 1 is 1.00 bits per heavy atom. The summed E-state index contributed by atoms with van der Waals surface area (Å²) >= 11 is 0. The van der Waals surface area contributed by atoms with Crippen molar-refractivity contribution < 1.29 is 22.6 Å². The van der Waals surface area contributed by atoms with Crippen LogP contribution in [0.2, 0.25) is 0 Å². The maximum Gasteiger partial charge on any atom is 0.573 e. The van der Waals surface area contributed by atoms with E-state index in [1.807, 2.05) is 13.8 Å². The standard InChI is InChI=1S/C10H11F3O2/c1-7(2)14-8-3-5-9(6-4-8)15-10(11,12)13/h3-7H,1-2H3. The van der Waals surface area contributed by atoms with Crippen molar-refractivity contribution in [1.82, 2.24) is 0 Å². The first-order valence-electron chi connectivity index (χ1n) is 4.39. The summed E-state index contributed by atoms with van der Waals surface area (Å²) in [5, 5.41) is 0. The first-order chi connectivity index (χ1) is 6.87. The summed E-state index contributed by atoms with van der Waals surface area (Å²) < 4.78 is 44.4. The molecule has 1 aromatic carbocycles. The monoisotopic (exact) mass is 220 g/mol. The molecule has 0 aliphatic rings. The van der Waals surface area contributed by atoms with E-state index in [4.69, 9.17) is 4.74 Å². The van der Waals surface area contributed by atoms with E-state index in [1.54, 1.807) is 0 Å². The van der Waals surface area contributed by atoms with Gasteiger partial charge in [-0.1, -0.05) is 0 Å². The molecule has 0 aliphatic heterocycles. The molecule has 0 unspecified atom stereocenters. The summed E-state index contributed by atoms with van der Waals surface area (Å²) in [4.78, 5) is 0. The molecule has 0 spiro atoms. The lowest BCUT2D eigenvalue weighted by Gasteiger charge is -2.11. The quantitative estimate of drug-likeness (QED) is 0.777. The van der Waals surface area contributed by atoms with E-state index < -0.39 is 6.36 Å². The van der Waals surface area contributed by atoms with E-state index >= 15 is 0 Å². The fourth-order valence-electron chi connectivity index (χ4n) is 0.992. The molecule has 1 aromatic rings. The van der Waals surface area contributed by atoms with Crippen LogP contribution in [0.3, 0.4) is 0 Å². The minimum atomic E-state index is -4.65. The van der Waals surface area contributed by atoms with Gasteiger partial charge in [-0.15, -0.1) is 13.2 Å². The highest BCUT2D eigenvalue weighted by Crippen LogP contribution is 2.24. The van der Waals surface area contributed by atoms with Gasteiger partial charge in [0, 0.05) is 0 Å². The molecule has 0 aromatic heterocycles. The Morgan fingerprint density at radius 2 is 1.47 bits per heavy atom. The fourth-order valence-corrected chi connectivity index (χ4v) is 0.992. The molecule has 0 fully saturated rings. The molecule has 0 atom stereocenters. The molecule has 0 amide bonds. The SMILES string of the molecule is CC(C)Oc1ccc(OC(F)(F)F)cc1. The van der Waals surface area contributed by atoms with Gasteiger partial charge < -0.3 is 9.47 Å². The number of hydrogen-bond donors (Lipinski definition) is 0. The highest BCUT2D eigenvalue weighted by molar-refractivity contribution is 5.31. The number of benzene rings is 1. The molecule has 2 nitrogen and oxygen atoms in total. The number of ether oxygens (including phenoxy) is 2. The molecule has 1 rings (SSSR count). The van der Waals surface area contributed by atoms with E-state index in [0.29, 0.717) is 5.75 Å². The molecule has 0 aliphatic carbocycles. The third-order valence-corrected chi connectivity index (χ3v) is 1.43. The van der Waals surface area contributed by atoms with Crippen molar-refractivity contribution in [3.8, 4) is 11.5 Å². The Hall–Kier alpha value is -1.39. The van der Waals surface area contributed by atoms with Gasteiger partial charge in [0.15, 0.2) is 0 Å². The second-order valence-electron chi connectivity index (χ2n) is 3.19. The van der Waals surface area contributed by atoms with E-state index in [-0.39, 0.29) is 11.9 Å². The van der Waals surface area contributed by atoms with Gasteiger partial charge in [-0.3, -0.25) is 0 Å². The Balaban J connectivity index is 2.64. The van der Waals surface area contributed by atoms with Crippen LogP contribution < -0.4 is 9.47 Å². The van der Waals surface area contributed by atoms with Gasteiger partial charge in [-0.25, -0.2) is 0 Å². The van der Waals surface area contributed by atoms with Crippen molar-refractivity contribution in [3.05, 3.63) is 24.3 Å². The second-order valence-corrected chi connectivity index (χ2v) is 3.19. The lowest BCUT2D eigenvalue weighted by Crippen LogP contribution is -2.17. The molecule has 15 heavy (non-hydrogen) atoms. The maximum absolute atomic E-state index is 11.8. The Labute approximate surface area is 85.6 Å². The number of rotatable bonds is 3. The third kappa shape index (κ3) is 4.58. The van der Waals surface area contributed by atoms with Gasteiger partial charge in [0.25, 0.3) is 0 Å². The van der Waals surface area contributed by atoms with Crippen molar-refractivity contribution in [2.24, 2.45) is 0 Å². The predicted molar refractivity (Wildman–Crippen MR) is 48.9 cm³/mol. The Morgan fingerprint density at radius 3 is 1.87 bits per heavy atom. The lowest BCUT2D eigenvalue weighted by atomic mass is 10.3. The topological polar surface area (TPSA) is 18.5 Å². The molecule has 0 radical (unpaired) electrons. The Kier molecular flexibility index (Phi) is 3.44. The molecule has 0 N–H and O–H groups in total. The third-order valence-electron chi connectivity index (χ3n) is 1.43. The van der Waals surface area contributed by atoms with Gasteiger partial charge in [0.1, 0.15) is 11.5 Å². The van der Waals surface area contributed by atoms with E-state index in [1.165, 1.54) is 24.3 Å². The summed E-state index contributed by atoms with van der Waals surface area (Å²) in [7, 11) is 0. The zero-order valence-corrected chi connectivity index (χ0v) is 8.34. The van der Waals surface area contributed by atoms with Crippen LogP contribution in [-0.2, 0) is 0 Å². The molecule has 0 heterocycles. The fraction of sp³-hybridized carbons (Fsp3) is 0.400. The van der Waals surface area contributed by atoms with Crippen molar-refractivity contribution in [2.75, 3.05) is 0 Å². The molecular formula is C10H11F3O2. The van der Waals surface area contributed by atoms with E-state index in [0.717, 1.165) is 0 Å². The average molecular weight is 220 g/mol. The minimum Gasteiger partial charge on any atom is -0.491 e. The van der Waals surface area contributed by atoms with Crippen LogP contribution in [0.4, 0.5) is 13.2 Å². The zero-order valence-electron chi connectivity index (χ0n) is 8.34. The van der Waals surface area contributed by atoms with Crippen LogP contribution in [-0.4, -0.2) is 12.5 Å². The second kappa shape index (κ2) is 4.42. The van der Waals surface area contributed by atoms with Gasteiger partial charge in [-0.2, -0.15) is 0 Å². The summed E-state index contributed by atoms with van der Waals surface area (Å²) in [6.45, 7) is 3.67. The predicted octanol–water partition coefficient (Wildman–Crippen LogP) is 3.37. The normalized spacial score (nSPS) is 11.6. The largest absolute Gasteiger partial charge is 0.573 e. The van der Waals surface area contributed by atoms with Crippen molar-refractivity contribution in [2.45, 2.75) is 26.3 Å². The molecule has 5 heteroatoms. The number of halogens is 3. The number of hydrogen-bond acceptors (Lipinski definition) is 2. The van der Waals surface area contributed by atoms with E-state index in [2.05, 4.69) is 4.74 Å². The molecule has 0 saturated heterocycles. The zero-order chi connectivity index (χ0) is 11.5. The summed E-state index contributed by atoms with van der Waals surface area (Å²) in [6.07, 6.45) is -4.67.